The summed E-state index contributed by atoms with van der Waals surface area (Å²) in [5.41, 5.74) is 2.37. The van der Waals surface area contributed by atoms with Crippen LogP contribution in [0, 0.1) is 10.8 Å². The molecule has 2 aliphatic rings. The van der Waals surface area contributed by atoms with Crippen molar-refractivity contribution in [2.45, 2.75) is 46.1 Å². The highest BCUT2D eigenvalue weighted by atomic mass is 16.2. The van der Waals surface area contributed by atoms with E-state index in [0.717, 1.165) is 30.5 Å². The second-order valence-corrected chi connectivity index (χ2v) is 8.29. The predicted molar refractivity (Wildman–Crippen MR) is 85.8 cm³/mol. The largest absolute Gasteiger partial charge is 0.335 e. The van der Waals surface area contributed by atoms with Gasteiger partial charge >= 0.3 is 0 Å². The van der Waals surface area contributed by atoms with Crippen molar-refractivity contribution in [3.63, 3.8) is 0 Å². The molecule has 3 heterocycles. The topological polar surface area (TPSA) is 37.6 Å². The Kier molecular flexibility index (Phi) is 2.72. The van der Waals surface area contributed by atoms with Crippen LogP contribution in [0.15, 0.2) is 30.9 Å². The third kappa shape index (κ3) is 2.13. The highest BCUT2D eigenvalue weighted by molar-refractivity contribution is 5.95. The smallest absolute Gasteiger partial charge is 0.254 e. The molecule has 4 heteroatoms. The third-order valence-corrected chi connectivity index (χ3v) is 5.34. The SMILES string of the molecule is CC1(C)CC2CC(C)(CN2C(=O)c2ccn3cncc3c2)C1. The monoisotopic (exact) mass is 297 g/mol. The van der Waals surface area contributed by atoms with Crippen LogP contribution < -0.4 is 0 Å². The maximum atomic E-state index is 13.0. The van der Waals surface area contributed by atoms with Gasteiger partial charge in [-0.25, -0.2) is 4.98 Å². The molecule has 1 saturated heterocycles. The summed E-state index contributed by atoms with van der Waals surface area (Å²) in [6.45, 7) is 7.91. The Hall–Kier alpha value is -1.84. The normalized spacial score (nSPS) is 30.0. The average Bonchev–Trinajstić information content (AvgIpc) is 2.97. The van der Waals surface area contributed by atoms with Gasteiger partial charge in [-0.2, -0.15) is 0 Å². The van der Waals surface area contributed by atoms with Gasteiger partial charge in [0.05, 0.1) is 18.0 Å². The minimum atomic E-state index is 0.176. The number of nitrogens with zero attached hydrogens (tertiary/aromatic N) is 3. The summed E-state index contributed by atoms with van der Waals surface area (Å²) in [6.07, 6.45) is 8.95. The Morgan fingerprint density at radius 2 is 2.14 bits per heavy atom. The Morgan fingerprint density at radius 1 is 1.32 bits per heavy atom. The second kappa shape index (κ2) is 4.34. The van der Waals surface area contributed by atoms with E-state index < -0.39 is 0 Å². The van der Waals surface area contributed by atoms with Crippen LogP contribution in [0.2, 0.25) is 0 Å². The zero-order chi connectivity index (χ0) is 15.5. The van der Waals surface area contributed by atoms with E-state index in [1.807, 2.05) is 22.7 Å². The number of amides is 1. The van der Waals surface area contributed by atoms with Gasteiger partial charge in [0.1, 0.15) is 0 Å². The van der Waals surface area contributed by atoms with Crippen molar-refractivity contribution in [1.29, 1.82) is 0 Å². The molecule has 2 atom stereocenters. The fraction of sp³-hybridized carbons (Fsp3) is 0.556. The van der Waals surface area contributed by atoms with E-state index in [2.05, 4.69) is 30.7 Å². The number of fused-ring (bicyclic) bond motifs is 3. The Bertz CT molecular complexity index is 748. The summed E-state index contributed by atoms with van der Waals surface area (Å²) in [7, 11) is 0. The van der Waals surface area contributed by atoms with Gasteiger partial charge in [0, 0.05) is 24.3 Å². The highest BCUT2D eigenvalue weighted by Crippen LogP contribution is 2.52. The van der Waals surface area contributed by atoms with Gasteiger partial charge < -0.3 is 9.30 Å². The molecular formula is C18H23N3O. The third-order valence-electron chi connectivity index (χ3n) is 5.34. The first-order valence-corrected chi connectivity index (χ1v) is 8.08. The molecule has 4 nitrogen and oxygen atoms in total. The lowest BCUT2D eigenvalue weighted by Crippen LogP contribution is -2.37. The van der Waals surface area contributed by atoms with Crippen LogP contribution in [0.3, 0.4) is 0 Å². The first-order chi connectivity index (χ1) is 10.4. The molecule has 22 heavy (non-hydrogen) atoms. The van der Waals surface area contributed by atoms with Gasteiger partial charge in [0.2, 0.25) is 0 Å². The van der Waals surface area contributed by atoms with Crippen LogP contribution in [0.25, 0.3) is 5.52 Å². The van der Waals surface area contributed by atoms with Crippen molar-refractivity contribution in [2.24, 2.45) is 10.8 Å². The number of likely N-dealkylation sites (tertiary alicyclic amines) is 1. The van der Waals surface area contributed by atoms with Crippen LogP contribution in [0.5, 0.6) is 0 Å². The van der Waals surface area contributed by atoms with Crippen molar-refractivity contribution < 1.29 is 4.79 Å². The minimum Gasteiger partial charge on any atom is -0.335 e. The summed E-state index contributed by atoms with van der Waals surface area (Å²) in [4.78, 5) is 19.2. The quantitative estimate of drug-likeness (QED) is 0.809. The number of carbonyl (C=O) groups is 1. The van der Waals surface area contributed by atoms with Crippen LogP contribution in [-0.4, -0.2) is 32.8 Å². The van der Waals surface area contributed by atoms with Gasteiger partial charge in [0.25, 0.3) is 5.91 Å². The summed E-state index contributed by atoms with van der Waals surface area (Å²) in [6, 6.07) is 4.25. The minimum absolute atomic E-state index is 0.176. The molecule has 1 amide bonds. The standard InChI is InChI=1S/C18H23N3O/c1-17(2)7-15-8-18(3,10-17)11-21(15)16(22)13-4-5-20-12-19-9-14(20)6-13/h4-6,9,12,15H,7-8,10-11H2,1-3H3. The van der Waals surface area contributed by atoms with E-state index in [9.17, 15) is 4.79 Å². The molecule has 2 aromatic rings. The second-order valence-electron chi connectivity index (χ2n) is 8.29. The lowest BCUT2D eigenvalue weighted by molar-refractivity contribution is 0.0708. The molecule has 0 aromatic carbocycles. The fourth-order valence-corrected chi connectivity index (χ4v) is 4.92. The van der Waals surface area contributed by atoms with Crippen LogP contribution in [-0.2, 0) is 0 Å². The molecule has 116 valence electrons. The predicted octanol–water partition coefficient (Wildman–Crippen LogP) is 3.38. The Labute approximate surface area is 131 Å². The average molecular weight is 297 g/mol. The van der Waals surface area contributed by atoms with Gasteiger partial charge in [0.15, 0.2) is 0 Å². The van der Waals surface area contributed by atoms with E-state index in [0.29, 0.717) is 11.5 Å². The Morgan fingerprint density at radius 3 is 2.95 bits per heavy atom. The van der Waals surface area contributed by atoms with Crippen LogP contribution in [0.4, 0.5) is 0 Å². The van der Waals surface area contributed by atoms with Gasteiger partial charge in [-0.3, -0.25) is 4.79 Å². The van der Waals surface area contributed by atoms with Crippen molar-refractivity contribution >= 4 is 11.4 Å². The molecule has 1 aliphatic carbocycles. The van der Waals surface area contributed by atoms with Gasteiger partial charge in [-0.1, -0.05) is 20.8 Å². The van der Waals surface area contributed by atoms with Gasteiger partial charge in [-0.05, 0) is 42.2 Å². The molecule has 0 radical (unpaired) electrons. The lowest BCUT2D eigenvalue weighted by atomic mass is 9.65. The first kappa shape index (κ1) is 13.8. The van der Waals surface area contributed by atoms with Crippen LogP contribution >= 0.6 is 0 Å². The number of imidazole rings is 1. The maximum Gasteiger partial charge on any atom is 0.254 e. The number of aromatic nitrogens is 2. The molecule has 1 aliphatic heterocycles. The molecule has 1 saturated carbocycles. The molecule has 0 N–H and O–H groups in total. The summed E-state index contributed by atoms with van der Waals surface area (Å²) < 4.78 is 1.93. The number of carbonyl (C=O) groups excluding carboxylic acids is 1. The molecule has 2 unspecified atom stereocenters. The molecule has 2 fully saturated rings. The van der Waals surface area contributed by atoms with E-state index >= 15 is 0 Å². The highest BCUT2D eigenvalue weighted by Gasteiger charge is 2.50. The zero-order valence-electron chi connectivity index (χ0n) is 13.5. The van der Waals surface area contributed by atoms with Crippen molar-refractivity contribution in [3.05, 3.63) is 36.4 Å². The van der Waals surface area contributed by atoms with Crippen LogP contribution in [0.1, 0.15) is 50.4 Å². The number of hydrogen-bond acceptors (Lipinski definition) is 2. The molecule has 4 rings (SSSR count). The van der Waals surface area contributed by atoms with Crippen molar-refractivity contribution in [3.8, 4) is 0 Å². The van der Waals surface area contributed by atoms with Crippen molar-refractivity contribution in [1.82, 2.24) is 14.3 Å². The maximum absolute atomic E-state index is 13.0. The van der Waals surface area contributed by atoms with E-state index in [4.69, 9.17) is 0 Å². The molecular weight excluding hydrogens is 274 g/mol. The van der Waals surface area contributed by atoms with E-state index in [-0.39, 0.29) is 11.3 Å². The summed E-state index contributed by atoms with van der Waals surface area (Å²) >= 11 is 0. The lowest BCUT2D eigenvalue weighted by Gasteiger charge is -2.39. The Balaban J connectivity index is 1.65. The van der Waals surface area contributed by atoms with E-state index in [1.54, 1.807) is 12.5 Å². The number of rotatable bonds is 1. The van der Waals surface area contributed by atoms with E-state index in [1.165, 1.54) is 6.42 Å². The summed E-state index contributed by atoms with van der Waals surface area (Å²) in [5.74, 6) is 0.176. The number of pyridine rings is 1. The fourth-order valence-electron chi connectivity index (χ4n) is 4.92. The summed E-state index contributed by atoms with van der Waals surface area (Å²) in [5, 5.41) is 0. The molecule has 2 bridgehead atoms. The number of hydrogen-bond donors (Lipinski definition) is 0. The zero-order valence-corrected chi connectivity index (χ0v) is 13.5. The molecule has 0 spiro atoms. The molecule has 2 aromatic heterocycles. The first-order valence-electron chi connectivity index (χ1n) is 8.08. The van der Waals surface area contributed by atoms with Gasteiger partial charge in [-0.15, -0.1) is 0 Å². The van der Waals surface area contributed by atoms with Crippen molar-refractivity contribution in [2.75, 3.05) is 6.54 Å².